The zero-order valence-electron chi connectivity index (χ0n) is 18.2. The van der Waals surface area contributed by atoms with Crippen LogP contribution < -0.4 is 0 Å². The van der Waals surface area contributed by atoms with Crippen LogP contribution >= 0.6 is 0 Å². The summed E-state index contributed by atoms with van der Waals surface area (Å²) in [5.41, 5.74) is 0. The maximum absolute atomic E-state index is 7.50. The molecule has 0 aliphatic heterocycles. The predicted molar refractivity (Wildman–Crippen MR) is 82.8 cm³/mol. The van der Waals surface area contributed by atoms with Crippen molar-refractivity contribution in [2.45, 2.75) is 27.7 Å². The van der Waals surface area contributed by atoms with Crippen molar-refractivity contribution >= 4 is 0 Å². The van der Waals surface area contributed by atoms with E-state index in [1.807, 2.05) is 0 Å². The zero-order valence-corrected chi connectivity index (χ0v) is 21.4. The second-order valence-corrected chi connectivity index (χ2v) is 2.61. The summed E-state index contributed by atoms with van der Waals surface area (Å²) >= 11 is 0. The van der Waals surface area contributed by atoms with Gasteiger partial charge in [-0.1, -0.05) is 0 Å². The monoisotopic (exact) mass is 647 g/mol. The fourth-order valence-electron chi connectivity index (χ4n) is 1.34. The minimum atomic E-state index is 0. The Bertz CT molecular complexity index is 307. The fraction of sp³-hybridized carbons (Fsp3) is 0.444. The topological polar surface area (TPSA) is 199 Å². The standard InChI is InChI=1S/C8H20N.10CO.Cr.W.H/c1-5-9(6-2,7-3)8-4;10*1-2;;;/h5-8H2,1-4H3;;;;;;;;;;;;;/q+1;;;;;;;;;;;;;-1. The van der Waals surface area contributed by atoms with Crippen LogP contribution in [0.15, 0.2) is 0 Å². The Kier molecular flexibility index (Phi) is 837. The molecule has 0 unspecified atom stereocenters. The molecule has 0 saturated heterocycles. The fourth-order valence-corrected chi connectivity index (χ4v) is 1.34. The second-order valence-electron chi connectivity index (χ2n) is 2.61. The Labute approximate surface area is 211 Å². The second kappa shape index (κ2) is 295. The van der Waals surface area contributed by atoms with Crippen LogP contribution in [0.25, 0.3) is 0 Å². The summed E-state index contributed by atoms with van der Waals surface area (Å²) in [6.45, 7) is 59.2. The molecule has 0 spiro atoms. The van der Waals surface area contributed by atoms with Crippen LogP contribution in [0.2, 0.25) is 0 Å². The SMILES string of the molecule is CC[N+](CC)(CC)CC.[C-]#[O+].[C-]#[O+].[C-]#[O+].[C-]#[O+].[C-]#[O+].[C-]#[O+].[C-]#[O+].[C-]#[O+].[C-]#[O+].[C-]#[O+].[Cr].[H-].[W]. The van der Waals surface area contributed by atoms with E-state index in [-0.39, 0.29) is 39.9 Å². The van der Waals surface area contributed by atoms with Crippen molar-refractivity contribution in [3.8, 4) is 0 Å². The van der Waals surface area contributed by atoms with Gasteiger partial charge in [-0.05, 0) is 27.7 Å². The number of rotatable bonds is 4. The van der Waals surface area contributed by atoms with Crippen LogP contribution in [-0.2, 0) is 84.9 Å². The van der Waals surface area contributed by atoms with Crippen molar-refractivity contribution in [2.75, 3.05) is 26.2 Å². The van der Waals surface area contributed by atoms with E-state index in [9.17, 15) is 0 Å². The van der Waals surface area contributed by atoms with Crippen LogP contribution in [0.5, 0.6) is 0 Å². The first-order chi connectivity index (χ1) is 14.2. The van der Waals surface area contributed by atoms with Crippen LogP contribution in [0.4, 0.5) is 0 Å². The van der Waals surface area contributed by atoms with E-state index in [1.165, 1.54) is 30.7 Å². The Morgan fingerprint density at radius 2 is 0.452 bits per heavy atom. The van der Waals surface area contributed by atoms with Crippen molar-refractivity contribution in [1.29, 1.82) is 0 Å². The van der Waals surface area contributed by atoms with Crippen molar-refractivity contribution in [3.05, 3.63) is 66.5 Å². The molecule has 0 aromatic carbocycles. The molecule has 0 rings (SSSR count). The zero-order chi connectivity index (χ0) is 27.3. The first kappa shape index (κ1) is 87.9. The summed E-state index contributed by atoms with van der Waals surface area (Å²) in [4.78, 5) is 0. The average molecular weight is 647 g/mol. The maximum atomic E-state index is 7.50. The molecule has 31 heavy (non-hydrogen) atoms. The number of hydrogen-bond acceptors (Lipinski definition) is 0. The molecule has 0 aliphatic rings. The van der Waals surface area contributed by atoms with E-state index >= 15 is 0 Å². The quantitative estimate of drug-likeness (QED) is 0.243. The molecule has 0 radical (unpaired) electrons. The molecule has 0 amide bonds. The van der Waals surface area contributed by atoms with E-state index in [0.717, 1.165) is 0 Å². The van der Waals surface area contributed by atoms with Gasteiger partial charge in [0.25, 0.3) is 0 Å². The number of nitrogens with zero attached hydrogens (tertiary/aromatic N) is 1. The average Bonchev–Trinajstić information content (AvgIpc) is 2.93. The normalized spacial score (nSPS) is 4.13. The van der Waals surface area contributed by atoms with Gasteiger partial charge in [0.15, 0.2) is 0 Å². The van der Waals surface area contributed by atoms with Gasteiger partial charge in [-0.3, -0.25) is 0 Å². The maximum Gasteiger partial charge on any atom is 0 e. The molecule has 0 atom stereocenters. The van der Waals surface area contributed by atoms with Crippen molar-refractivity contribution in [2.24, 2.45) is 0 Å². The van der Waals surface area contributed by atoms with Crippen LogP contribution in [0.1, 0.15) is 29.1 Å². The Morgan fingerprint density at radius 1 is 0.387 bits per heavy atom. The van der Waals surface area contributed by atoms with Gasteiger partial charge in [0.1, 0.15) is 0 Å². The third-order valence-electron chi connectivity index (χ3n) is 2.68. The Morgan fingerprint density at radius 3 is 0.452 bits per heavy atom. The molecular formula is C18H21CrNO10W. The third kappa shape index (κ3) is 180. The molecule has 0 heterocycles. The summed E-state index contributed by atoms with van der Waals surface area (Å²) in [6.07, 6.45) is 0. The van der Waals surface area contributed by atoms with Crippen LogP contribution in [0, 0.1) is 66.5 Å². The molecule has 0 aromatic rings. The molecule has 13 heteroatoms. The summed E-state index contributed by atoms with van der Waals surface area (Å²) in [5.74, 6) is 0. The summed E-state index contributed by atoms with van der Waals surface area (Å²) in [6, 6.07) is 0. The molecule has 170 valence electrons. The minimum Gasteiger partial charge on any atom is -1.00 e. The molecule has 0 saturated carbocycles. The van der Waals surface area contributed by atoms with E-state index in [0.29, 0.717) is 0 Å². The first-order valence-electron chi connectivity index (χ1n) is 6.13. The van der Waals surface area contributed by atoms with Crippen molar-refractivity contribution in [1.82, 2.24) is 0 Å². The molecule has 0 fully saturated rings. The third-order valence-corrected chi connectivity index (χ3v) is 2.68. The minimum absolute atomic E-state index is 0. The molecule has 0 aromatic heterocycles. The van der Waals surface area contributed by atoms with Crippen molar-refractivity contribution < 1.29 is 90.9 Å². The Hall–Kier alpha value is -1.42. The van der Waals surface area contributed by atoms with Gasteiger partial charge in [-0.2, -0.15) is 0 Å². The first-order valence-corrected chi connectivity index (χ1v) is 6.13. The molecule has 0 N–H and O–H groups in total. The molecule has 0 bridgehead atoms. The van der Waals surface area contributed by atoms with Gasteiger partial charge in [-0.25, -0.2) is 0 Å². The van der Waals surface area contributed by atoms with Crippen molar-refractivity contribution in [3.63, 3.8) is 0 Å². The predicted octanol–water partition coefficient (Wildman–Crippen LogP) is 1.62. The Balaban J connectivity index is -0.0000000102. The van der Waals surface area contributed by atoms with E-state index < -0.39 is 0 Å². The van der Waals surface area contributed by atoms with Gasteiger partial charge in [0, 0.05) is 38.4 Å². The molecular weight excluding hydrogens is 626 g/mol. The summed E-state index contributed by atoms with van der Waals surface area (Å²) < 4.78 is 76.3. The van der Waals surface area contributed by atoms with Gasteiger partial charge >= 0.3 is 113 Å². The molecule has 0 aliphatic carbocycles. The van der Waals surface area contributed by atoms with Gasteiger partial charge in [0.2, 0.25) is 0 Å². The van der Waals surface area contributed by atoms with Crippen LogP contribution in [-0.4, -0.2) is 30.7 Å². The smallest absolute Gasteiger partial charge is 0 e. The van der Waals surface area contributed by atoms with E-state index in [2.05, 4.69) is 94.2 Å². The van der Waals surface area contributed by atoms with Crippen LogP contribution in [0.3, 0.4) is 0 Å². The van der Waals surface area contributed by atoms with Gasteiger partial charge < -0.3 is 5.91 Å². The van der Waals surface area contributed by atoms with Gasteiger partial charge in [-0.15, -0.1) is 0 Å². The summed E-state index contributed by atoms with van der Waals surface area (Å²) in [5, 5.41) is 0. The number of quaternary nitrogens is 1. The van der Waals surface area contributed by atoms with Gasteiger partial charge in [0.05, 0.1) is 26.2 Å². The number of hydrogen-bond donors (Lipinski definition) is 0. The largest absolute Gasteiger partial charge is 1.00 e. The van der Waals surface area contributed by atoms with E-state index in [4.69, 9.17) is 46.5 Å². The summed E-state index contributed by atoms with van der Waals surface area (Å²) in [7, 11) is 0. The molecule has 11 nitrogen and oxygen atoms in total. The van der Waals surface area contributed by atoms with E-state index in [1.54, 1.807) is 0 Å².